The minimum Gasteiger partial charge on any atom is -0.507 e. The third-order valence-corrected chi connectivity index (χ3v) is 3.86. The summed E-state index contributed by atoms with van der Waals surface area (Å²) in [5.41, 5.74) is 0.818. The second-order valence-electron chi connectivity index (χ2n) is 3.27. The van der Waals surface area contributed by atoms with Crippen LogP contribution in [-0.2, 0) is 4.79 Å². The van der Waals surface area contributed by atoms with E-state index in [9.17, 15) is 9.90 Å². The molecule has 1 atom stereocenters. The summed E-state index contributed by atoms with van der Waals surface area (Å²) in [4.78, 5) is 14.8. The van der Waals surface area contributed by atoms with E-state index in [-0.39, 0.29) is 5.75 Å². The first kappa shape index (κ1) is 11.5. The molecule has 0 fully saturated rings. The molecule has 1 aromatic rings. The monoisotopic (exact) mass is 301 g/mol. The van der Waals surface area contributed by atoms with Crippen molar-refractivity contribution < 1.29 is 15.0 Å². The minimum atomic E-state index is -0.902. The third-order valence-electron chi connectivity index (χ3n) is 2.13. The molecule has 0 bridgehead atoms. The fraction of sp³-hybridized carbons (Fsp3) is 0.200. The Kier molecular flexibility index (Phi) is 3.20. The molecule has 2 N–H and O–H groups in total. The Hall–Kier alpha value is -1.01. The highest BCUT2D eigenvalue weighted by Crippen LogP contribution is 2.29. The Morgan fingerprint density at radius 3 is 2.88 bits per heavy atom. The first-order valence-electron chi connectivity index (χ1n) is 4.50. The van der Waals surface area contributed by atoms with Crippen molar-refractivity contribution in [3.05, 3.63) is 28.2 Å². The molecule has 1 heterocycles. The van der Waals surface area contributed by atoms with Gasteiger partial charge in [-0.05, 0) is 34.1 Å². The van der Waals surface area contributed by atoms with Crippen LogP contribution in [0.1, 0.15) is 5.56 Å². The summed E-state index contributed by atoms with van der Waals surface area (Å²) in [5, 5.41) is 18.8. The van der Waals surface area contributed by atoms with Crippen molar-refractivity contribution in [2.75, 3.05) is 5.75 Å². The van der Waals surface area contributed by atoms with Crippen LogP contribution in [0.15, 0.2) is 27.7 Å². The summed E-state index contributed by atoms with van der Waals surface area (Å²) in [6.07, 6.45) is 0. The number of rotatable bonds is 2. The fourth-order valence-corrected chi connectivity index (χ4v) is 2.71. The molecular weight excluding hydrogens is 294 g/mol. The highest BCUT2D eigenvalue weighted by Gasteiger charge is 2.25. The lowest BCUT2D eigenvalue weighted by Gasteiger charge is -2.01. The second kappa shape index (κ2) is 4.47. The quantitative estimate of drug-likeness (QED) is 0.878. The molecule has 0 radical (unpaired) electrons. The van der Waals surface area contributed by atoms with Gasteiger partial charge in [-0.25, -0.2) is 4.79 Å². The SMILES string of the molecule is O=C(O)C1CSC(c2ccc(O)c(Br)c2)=N1. The van der Waals surface area contributed by atoms with Gasteiger partial charge < -0.3 is 10.2 Å². The number of benzene rings is 1. The van der Waals surface area contributed by atoms with E-state index in [1.54, 1.807) is 18.2 Å². The molecule has 1 aliphatic rings. The molecule has 84 valence electrons. The predicted octanol–water partition coefficient (Wildman–Crippen LogP) is 2.10. The fourth-order valence-electron chi connectivity index (χ4n) is 1.30. The van der Waals surface area contributed by atoms with E-state index >= 15 is 0 Å². The van der Waals surface area contributed by atoms with Gasteiger partial charge >= 0.3 is 5.97 Å². The Bertz CT molecular complexity index is 475. The first-order valence-corrected chi connectivity index (χ1v) is 6.28. The van der Waals surface area contributed by atoms with Gasteiger partial charge in [0.1, 0.15) is 5.75 Å². The maximum atomic E-state index is 10.7. The molecular formula is C10H8BrNO3S. The largest absolute Gasteiger partial charge is 0.507 e. The van der Waals surface area contributed by atoms with Crippen LogP contribution in [-0.4, -0.2) is 33.0 Å². The van der Waals surface area contributed by atoms with Crippen LogP contribution in [0.3, 0.4) is 0 Å². The van der Waals surface area contributed by atoms with E-state index in [0.717, 1.165) is 5.56 Å². The van der Waals surface area contributed by atoms with Gasteiger partial charge in [0.05, 0.1) is 9.52 Å². The normalized spacial score (nSPS) is 19.6. The zero-order chi connectivity index (χ0) is 11.7. The van der Waals surface area contributed by atoms with Crippen molar-refractivity contribution >= 4 is 38.7 Å². The summed E-state index contributed by atoms with van der Waals surface area (Å²) < 4.78 is 0.576. The molecule has 0 amide bonds. The molecule has 1 unspecified atom stereocenters. The van der Waals surface area contributed by atoms with E-state index in [1.165, 1.54) is 11.8 Å². The molecule has 6 heteroatoms. The average molecular weight is 302 g/mol. The Morgan fingerprint density at radius 1 is 1.56 bits per heavy atom. The number of carboxylic acid groups (broad SMARTS) is 1. The average Bonchev–Trinajstić information content (AvgIpc) is 2.71. The molecule has 0 spiro atoms. The molecule has 4 nitrogen and oxygen atoms in total. The second-order valence-corrected chi connectivity index (χ2v) is 5.13. The van der Waals surface area contributed by atoms with Gasteiger partial charge in [-0.15, -0.1) is 11.8 Å². The van der Waals surface area contributed by atoms with Crippen molar-refractivity contribution in [2.24, 2.45) is 4.99 Å². The zero-order valence-corrected chi connectivity index (χ0v) is 10.5. The van der Waals surface area contributed by atoms with Crippen molar-refractivity contribution in [3.8, 4) is 5.75 Å². The molecule has 0 saturated carbocycles. The Morgan fingerprint density at radius 2 is 2.31 bits per heavy atom. The molecule has 1 aromatic carbocycles. The maximum Gasteiger partial charge on any atom is 0.329 e. The van der Waals surface area contributed by atoms with Crippen LogP contribution in [0.4, 0.5) is 0 Å². The standard InChI is InChI=1S/C10H8BrNO3S/c11-6-3-5(1-2-8(6)13)9-12-7(4-16-9)10(14)15/h1-3,7,13H,4H2,(H,14,15). The van der Waals surface area contributed by atoms with Gasteiger partial charge in [0.25, 0.3) is 0 Å². The molecule has 0 aliphatic carbocycles. The number of thioether (sulfide) groups is 1. The van der Waals surface area contributed by atoms with Crippen LogP contribution in [0.2, 0.25) is 0 Å². The Labute approximate surface area is 105 Å². The summed E-state index contributed by atoms with van der Waals surface area (Å²) in [6.45, 7) is 0. The van der Waals surface area contributed by atoms with Gasteiger partial charge in [-0.2, -0.15) is 0 Å². The maximum absolute atomic E-state index is 10.7. The number of carbonyl (C=O) groups is 1. The molecule has 2 rings (SSSR count). The van der Waals surface area contributed by atoms with Gasteiger partial charge in [-0.3, -0.25) is 4.99 Å². The van der Waals surface area contributed by atoms with Crippen LogP contribution >= 0.6 is 27.7 Å². The molecule has 0 saturated heterocycles. The van der Waals surface area contributed by atoms with E-state index in [1.807, 2.05) is 0 Å². The molecule has 1 aliphatic heterocycles. The van der Waals surface area contributed by atoms with Gasteiger partial charge in [-0.1, -0.05) is 0 Å². The summed E-state index contributed by atoms with van der Waals surface area (Å²) in [6, 6.07) is 4.34. The number of nitrogens with zero attached hydrogens (tertiary/aromatic N) is 1. The van der Waals surface area contributed by atoms with Crippen LogP contribution in [0.5, 0.6) is 5.75 Å². The number of phenols is 1. The van der Waals surface area contributed by atoms with Crippen molar-refractivity contribution in [1.29, 1.82) is 0 Å². The van der Waals surface area contributed by atoms with Crippen LogP contribution < -0.4 is 0 Å². The highest BCUT2D eigenvalue weighted by molar-refractivity contribution is 9.10. The lowest BCUT2D eigenvalue weighted by atomic mass is 10.2. The number of hydrogen-bond acceptors (Lipinski definition) is 4. The smallest absolute Gasteiger partial charge is 0.329 e. The molecule has 0 aromatic heterocycles. The van der Waals surface area contributed by atoms with Crippen LogP contribution in [0.25, 0.3) is 0 Å². The third kappa shape index (κ3) is 2.22. The van der Waals surface area contributed by atoms with E-state index < -0.39 is 12.0 Å². The number of phenolic OH excluding ortho intramolecular Hbond substituents is 1. The first-order chi connectivity index (χ1) is 7.58. The van der Waals surface area contributed by atoms with Crippen LogP contribution in [0, 0.1) is 0 Å². The molecule has 16 heavy (non-hydrogen) atoms. The minimum absolute atomic E-state index is 0.155. The topological polar surface area (TPSA) is 69.9 Å². The van der Waals surface area contributed by atoms with Crippen molar-refractivity contribution in [1.82, 2.24) is 0 Å². The van der Waals surface area contributed by atoms with E-state index in [0.29, 0.717) is 15.3 Å². The van der Waals surface area contributed by atoms with Gasteiger partial charge in [0.15, 0.2) is 6.04 Å². The zero-order valence-electron chi connectivity index (χ0n) is 8.05. The number of aromatic hydroxyl groups is 1. The number of aliphatic carboxylic acids is 1. The lowest BCUT2D eigenvalue weighted by Crippen LogP contribution is -2.17. The highest BCUT2D eigenvalue weighted by atomic mass is 79.9. The van der Waals surface area contributed by atoms with Gasteiger partial charge in [0, 0.05) is 11.3 Å². The number of carboxylic acids is 1. The summed E-state index contributed by atoms with van der Waals surface area (Å²) in [7, 11) is 0. The van der Waals surface area contributed by atoms with Crippen molar-refractivity contribution in [3.63, 3.8) is 0 Å². The van der Waals surface area contributed by atoms with E-state index in [4.69, 9.17) is 5.11 Å². The lowest BCUT2D eigenvalue weighted by molar-refractivity contribution is -0.137. The number of hydrogen-bond donors (Lipinski definition) is 2. The summed E-state index contributed by atoms with van der Waals surface area (Å²) >= 11 is 4.62. The summed E-state index contributed by atoms with van der Waals surface area (Å²) in [5.74, 6) is -0.286. The van der Waals surface area contributed by atoms with Gasteiger partial charge in [0.2, 0.25) is 0 Å². The number of aliphatic imine (C=N–C) groups is 1. The number of halogens is 1. The van der Waals surface area contributed by atoms with Crippen molar-refractivity contribution in [2.45, 2.75) is 6.04 Å². The predicted molar refractivity (Wildman–Crippen MR) is 66.2 cm³/mol. The van der Waals surface area contributed by atoms with E-state index in [2.05, 4.69) is 20.9 Å². The Balaban J connectivity index is 2.29.